The minimum atomic E-state index is 0.581. The zero-order valence-corrected chi connectivity index (χ0v) is 10.4. The van der Waals surface area contributed by atoms with Crippen LogP contribution >= 0.6 is 0 Å². The Morgan fingerprint density at radius 2 is 2.07 bits per heavy atom. The van der Waals surface area contributed by atoms with E-state index in [4.69, 9.17) is 0 Å². The van der Waals surface area contributed by atoms with Crippen molar-refractivity contribution in [2.24, 2.45) is 0 Å². The van der Waals surface area contributed by atoms with Gasteiger partial charge >= 0.3 is 0 Å². The molecule has 1 N–H and O–H groups in total. The van der Waals surface area contributed by atoms with Gasteiger partial charge in [-0.15, -0.1) is 0 Å². The van der Waals surface area contributed by atoms with Crippen molar-refractivity contribution in [3.63, 3.8) is 0 Å². The molecule has 3 nitrogen and oxygen atoms in total. The fourth-order valence-corrected chi connectivity index (χ4v) is 2.10. The Kier molecular flexibility index (Phi) is 5.12. The first-order chi connectivity index (χ1) is 7.20. The van der Waals surface area contributed by atoms with Crippen molar-refractivity contribution >= 4 is 0 Å². The van der Waals surface area contributed by atoms with E-state index in [-0.39, 0.29) is 0 Å². The normalized spacial score (nSPS) is 20.3. The second kappa shape index (κ2) is 6.13. The van der Waals surface area contributed by atoms with Crippen molar-refractivity contribution < 1.29 is 0 Å². The molecule has 0 spiro atoms. The van der Waals surface area contributed by atoms with Gasteiger partial charge in [0.15, 0.2) is 0 Å². The van der Waals surface area contributed by atoms with Crippen LogP contribution in [0.4, 0.5) is 0 Å². The second-order valence-corrected chi connectivity index (χ2v) is 4.37. The van der Waals surface area contributed by atoms with Crippen LogP contribution in [0.15, 0.2) is 12.8 Å². The number of hydrogen-bond donors (Lipinski definition) is 1. The van der Waals surface area contributed by atoms with Gasteiger partial charge in [-0.05, 0) is 39.3 Å². The average molecular weight is 211 g/mol. The molecule has 88 valence electrons. The number of hydrazine groups is 1. The quantitative estimate of drug-likeness (QED) is 0.700. The van der Waals surface area contributed by atoms with Crippen LogP contribution in [0, 0.1) is 0 Å². The molecule has 1 unspecified atom stereocenters. The van der Waals surface area contributed by atoms with Crippen molar-refractivity contribution in [1.29, 1.82) is 0 Å². The molecule has 1 aliphatic rings. The molecule has 0 aromatic carbocycles. The van der Waals surface area contributed by atoms with Gasteiger partial charge in [0, 0.05) is 25.3 Å². The zero-order valence-electron chi connectivity index (χ0n) is 10.4. The van der Waals surface area contributed by atoms with Crippen LogP contribution in [-0.4, -0.2) is 42.2 Å². The van der Waals surface area contributed by atoms with Crippen LogP contribution in [0.3, 0.4) is 0 Å². The Balaban J connectivity index is 2.56. The highest BCUT2D eigenvalue weighted by molar-refractivity contribution is 4.82. The van der Waals surface area contributed by atoms with Crippen LogP contribution in [0.5, 0.6) is 0 Å². The first kappa shape index (κ1) is 12.5. The highest BCUT2D eigenvalue weighted by atomic mass is 15.6. The summed E-state index contributed by atoms with van der Waals surface area (Å²) in [4.78, 5) is 0. The second-order valence-electron chi connectivity index (χ2n) is 4.37. The van der Waals surface area contributed by atoms with E-state index < -0.39 is 0 Å². The first-order valence-corrected chi connectivity index (χ1v) is 6.05. The van der Waals surface area contributed by atoms with E-state index in [2.05, 4.69) is 42.8 Å². The van der Waals surface area contributed by atoms with Crippen LogP contribution in [0.2, 0.25) is 0 Å². The number of nitrogens with one attached hydrogen (secondary N) is 1. The Hall–Kier alpha value is -0.540. The van der Waals surface area contributed by atoms with Crippen LogP contribution in [0.1, 0.15) is 33.1 Å². The summed E-state index contributed by atoms with van der Waals surface area (Å²) in [6, 6.07) is 1.21. The molecule has 1 saturated heterocycles. The number of rotatable bonds is 5. The fourth-order valence-electron chi connectivity index (χ4n) is 2.10. The van der Waals surface area contributed by atoms with Crippen molar-refractivity contribution in [3.05, 3.63) is 12.8 Å². The van der Waals surface area contributed by atoms with Crippen LogP contribution in [0.25, 0.3) is 0 Å². The van der Waals surface area contributed by atoms with E-state index >= 15 is 0 Å². The molecular weight excluding hydrogens is 186 g/mol. The summed E-state index contributed by atoms with van der Waals surface area (Å²) in [7, 11) is 2.16. The lowest BCUT2D eigenvalue weighted by molar-refractivity contribution is -0.0320. The largest absolute Gasteiger partial charge is 0.317 e. The highest BCUT2D eigenvalue weighted by Gasteiger charge is 2.23. The summed E-state index contributed by atoms with van der Waals surface area (Å²) in [6.07, 6.45) is 5.58. The monoisotopic (exact) mass is 211 g/mol. The Bertz CT molecular complexity index is 185. The van der Waals surface area contributed by atoms with Gasteiger partial charge in [0.05, 0.1) is 0 Å². The van der Waals surface area contributed by atoms with E-state index in [1.807, 2.05) is 6.20 Å². The molecule has 1 atom stereocenters. The van der Waals surface area contributed by atoms with Gasteiger partial charge in [-0.25, -0.2) is 5.01 Å². The molecule has 0 aromatic rings. The van der Waals surface area contributed by atoms with Crippen molar-refractivity contribution in [2.75, 3.05) is 20.1 Å². The van der Waals surface area contributed by atoms with Gasteiger partial charge < -0.3 is 10.3 Å². The molecule has 0 amide bonds. The van der Waals surface area contributed by atoms with Gasteiger partial charge in [0.1, 0.15) is 0 Å². The van der Waals surface area contributed by atoms with E-state index in [0.717, 1.165) is 13.1 Å². The third-order valence-corrected chi connectivity index (χ3v) is 3.46. The SMILES string of the molecule is C=CN(C1CCNCC1)N(C)C(C)CC. The number of piperidine rings is 1. The van der Waals surface area contributed by atoms with Gasteiger partial charge in [-0.3, -0.25) is 0 Å². The predicted molar refractivity (Wildman–Crippen MR) is 65.4 cm³/mol. The molecule has 0 bridgehead atoms. The van der Waals surface area contributed by atoms with Gasteiger partial charge in [0.2, 0.25) is 0 Å². The molecule has 0 radical (unpaired) electrons. The molecule has 1 fully saturated rings. The molecule has 1 rings (SSSR count). The molecule has 1 aliphatic heterocycles. The molecule has 0 saturated carbocycles. The Morgan fingerprint density at radius 3 is 2.53 bits per heavy atom. The van der Waals surface area contributed by atoms with Crippen LogP contribution in [-0.2, 0) is 0 Å². The highest BCUT2D eigenvalue weighted by Crippen LogP contribution is 2.16. The maximum Gasteiger partial charge on any atom is 0.0474 e. The minimum Gasteiger partial charge on any atom is -0.317 e. The molecule has 0 aliphatic carbocycles. The summed E-state index contributed by atoms with van der Waals surface area (Å²) < 4.78 is 0. The maximum absolute atomic E-state index is 3.94. The van der Waals surface area contributed by atoms with Crippen molar-refractivity contribution in [1.82, 2.24) is 15.3 Å². The summed E-state index contributed by atoms with van der Waals surface area (Å²) in [5, 5.41) is 8.03. The standard InChI is InChI=1S/C12H25N3/c1-5-11(3)14(4)15(6-2)12-7-9-13-10-8-12/h6,11-13H,2,5,7-10H2,1,3-4H3. The third-order valence-electron chi connectivity index (χ3n) is 3.46. The third kappa shape index (κ3) is 3.21. The van der Waals surface area contributed by atoms with Crippen LogP contribution < -0.4 is 5.32 Å². The number of nitrogens with zero attached hydrogens (tertiary/aromatic N) is 2. The van der Waals surface area contributed by atoms with Gasteiger partial charge in [-0.2, -0.15) is 0 Å². The molecule has 3 heteroatoms. The fraction of sp³-hybridized carbons (Fsp3) is 0.833. The summed E-state index contributed by atoms with van der Waals surface area (Å²) in [5.74, 6) is 0. The molecular formula is C12H25N3. The lowest BCUT2D eigenvalue weighted by atomic mass is 10.1. The Morgan fingerprint density at radius 1 is 1.47 bits per heavy atom. The van der Waals surface area contributed by atoms with E-state index in [1.165, 1.54) is 19.3 Å². The van der Waals surface area contributed by atoms with Gasteiger partial charge in [0.25, 0.3) is 0 Å². The summed E-state index contributed by atoms with van der Waals surface area (Å²) >= 11 is 0. The lowest BCUT2D eigenvalue weighted by Gasteiger charge is -2.42. The maximum atomic E-state index is 3.94. The van der Waals surface area contributed by atoms with E-state index in [0.29, 0.717) is 12.1 Å². The van der Waals surface area contributed by atoms with Crippen molar-refractivity contribution in [3.8, 4) is 0 Å². The lowest BCUT2D eigenvalue weighted by Crippen LogP contribution is -2.50. The first-order valence-electron chi connectivity index (χ1n) is 6.05. The van der Waals surface area contributed by atoms with E-state index in [9.17, 15) is 0 Å². The van der Waals surface area contributed by atoms with Crippen molar-refractivity contribution in [2.45, 2.75) is 45.2 Å². The molecule has 0 aromatic heterocycles. The van der Waals surface area contributed by atoms with Gasteiger partial charge in [-0.1, -0.05) is 13.5 Å². The summed E-state index contributed by atoms with van der Waals surface area (Å²) in [6.45, 7) is 10.7. The Labute approximate surface area is 94.1 Å². The average Bonchev–Trinajstić information content (AvgIpc) is 2.30. The predicted octanol–water partition coefficient (Wildman–Crippen LogP) is 1.83. The smallest absolute Gasteiger partial charge is 0.0474 e. The number of hydrogen-bond acceptors (Lipinski definition) is 3. The topological polar surface area (TPSA) is 18.5 Å². The molecule has 15 heavy (non-hydrogen) atoms. The zero-order chi connectivity index (χ0) is 11.3. The van der Waals surface area contributed by atoms with E-state index in [1.54, 1.807) is 0 Å². The molecule has 1 heterocycles. The summed E-state index contributed by atoms with van der Waals surface area (Å²) in [5.41, 5.74) is 0. The minimum absolute atomic E-state index is 0.581.